The fourth-order valence-corrected chi connectivity index (χ4v) is 4.52. The Morgan fingerprint density at radius 2 is 1.69 bits per heavy atom. The first-order chi connectivity index (χ1) is 16.9. The third-order valence-corrected chi connectivity index (χ3v) is 6.80. The summed E-state index contributed by atoms with van der Waals surface area (Å²) in [6.07, 6.45) is 3.53. The zero-order valence-corrected chi connectivity index (χ0v) is 20.6. The van der Waals surface area contributed by atoms with Gasteiger partial charge in [0.1, 0.15) is 12.4 Å². The van der Waals surface area contributed by atoms with E-state index in [4.69, 9.17) is 9.47 Å². The van der Waals surface area contributed by atoms with Crippen LogP contribution in [-0.2, 0) is 21.2 Å². The molecule has 1 aliphatic heterocycles. The number of ether oxygens (including phenoxy) is 2. The van der Waals surface area contributed by atoms with Gasteiger partial charge in [-0.15, -0.1) is 0 Å². The number of para-hydroxylation sites is 1. The van der Waals surface area contributed by atoms with E-state index in [-0.39, 0.29) is 10.8 Å². The Balaban J connectivity index is 1.48. The fourth-order valence-electron chi connectivity index (χ4n) is 3.62. The van der Waals surface area contributed by atoms with Crippen molar-refractivity contribution in [2.45, 2.75) is 30.6 Å². The first kappa shape index (κ1) is 26.5. The Bertz CT molecular complexity index is 1090. The molecule has 11 heteroatoms. The van der Waals surface area contributed by atoms with E-state index in [1.807, 2.05) is 4.72 Å². The molecule has 0 radical (unpaired) electrons. The minimum absolute atomic E-state index is 0.0128. The predicted octanol–water partition coefficient (Wildman–Crippen LogP) is 2.07. The van der Waals surface area contributed by atoms with Crippen LogP contribution in [0.2, 0.25) is 0 Å². The highest BCUT2D eigenvalue weighted by Crippen LogP contribution is 2.18. The molecule has 2 aromatic carbocycles. The maximum Gasteiger partial charge on any atom is 0.343 e. The van der Waals surface area contributed by atoms with Gasteiger partial charge in [0, 0.05) is 26.7 Å². The zero-order valence-electron chi connectivity index (χ0n) is 19.8. The van der Waals surface area contributed by atoms with Gasteiger partial charge in [-0.1, -0.05) is 30.7 Å². The van der Waals surface area contributed by atoms with E-state index in [2.05, 4.69) is 10.7 Å². The summed E-state index contributed by atoms with van der Waals surface area (Å²) in [5.74, 6) is 0.217. The van der Waals surface area contributed by atoms with Gasteiger partial charge in [-0.2, -0.15) is 0 Å². The molecule has 1 fully saturated rings. The van der Waals surface area contributed by atoms with E-state index in [0.717, 1.165) is 24.8 Å². The molecular formula is C24H32N4O6S. The molecule has 3 N–H and O–H groups in total. The Morgan fingerprint density at radius 1 is 0.971 bits per heavy atom. The lowest BCUT2D eigenvalue weighted by Crippen LogP contribution is -2.50. The van der Waals surface area contributed by atoms with Crippen LogP contribution in [0.5, 0.6) is 5.75 Å². The van der Waals surface area contributed by atoms with Gasteiger partial charge in [0.25, 0.3) is 15.9 Å². The Labute approximate surface area is 206 Å². The summed E-state index contributed by atoms with van der Waals surface area (Å²) in [4.78, 5) is 24.6. The highest BCUT2D eigenvalue weighted by molar-refractivity contribution is 7.90. The number of hydrogen-bond donors (Lipinski definition) is 3. The van der Waals surface area contributed by atoms with E-state index in [0.29, 0.717) is 50.6 Å². The Morgan fingerprint density at radius 3 is 2.40 bits per heavy atom. The number of carbonyl (C=O) groups is 2. The van der Waals surface area contributed by atoms with Crippen molar-refractivity contribution in [3.8, 4) is 5.75 Å². The Hall–Kier alpha value is -3.15. The summed E-state index contributed by atoms with van der Waals surface area (Å²) in [5.41, 5.74) is 3.84. The van der Waals surface area contributed by atoms with Gasteiger partial charge in [-0.3, -0.25) is 10.2 Å². The van der Waals surface area contributed by atoms with Crippen LogP contribution in [0.1, 0.15) is 35.2 Å². The quantitative estimate of drug-likeness (QED) is 0.400. The normalized spacial score (nSPS) is 14.2. The maximum absolute atomic E-state index is 12.6. The molecule has 2 aromatic rings. The first-order valence-electron chi connectivity index (χ1n) is 11.6. The van der Waals surface area contributed by atoms with Gasteiger partial charge >= 0.3 is 6.03 Å². The van der Waals surface area contributed by atoms with Crippen LogP contribution >= 0.6 is 0 Å². The van der Waals surface area contributed by atoms with Gasteiger partial charge in [0.15, 0.2) is 0 Å². The van der Waals surface area contributed by atoms with Gasteiger partial charge < -0.3 is 14.8 Å². The van der Waals surface area contributed by atoms with Crippen LogP contribution < -0.4 is 20.2 Å². The highest BCUT2D eigenvalue weighted by Gasteiger charge is 2.20. The molecule has 0 aliphatic carbocycles. The van der Waals surface area contributed by atoms with E-state index in [1.165, 1.54) is 12.1 Å². The average Bonchev–Trinajstić information content (AvgIpc) is 2.85. The van der Waals surface area contributed by atoms with Crippen molar-refractivity contribution in [2.75, 3.05) is 40.0 Å². The predicted molar refractivity (Wildman–Crippen MR) is 131 cm³/mol. The smallest absolute Gasteiger partial charge is 0.343 e. The molecule has 1 aliphatic rings. The molecule has 1 saturated heterocycles. The number of nitrogens with zero attached hydrogens (tertiary/aromatic N) is 1. The maximum atomic E-state index is 12.6. The van der Waals surface area contributed by atoms with E-state index < -0.39 is 16.1 Å². The van der Waals surface area contributed by atoms with Crippen molar-refractivity contribution in [1.29, 1.82) is 0 Å². The first-order valence-corrected chi connectivity index (χ1v) is 13.0. The molecular weight excluding hydrogens is 472 g/mol. The molecule has 0 bridgehead atoms. The van der Waals surface area contributed by atoms with Gasteiger partial charge in [-0.25, -0.2) is 22.9 Å². The molecule has 0 aromatic heterocycles. The summed E-state index contributed by atoms with van der Waals surface area (Å²) in [7, 11) is -2.42. The second-order valence-corrected chi connectivity index (χ2v) is 9.76. The fraction of sp³-hybridized carbons (Fsp3) is 0.417. The largest absolute Gasteiger partial charge is 0.490 e. The van der Waals surface area contributed by atoms with Gasteiger partial charge in [-0.05, 0) is 49.1 Å². The van der Waals surface area contributed by atoms with Crippen LogP contribution in [-0.4, -0.2) is 65.3 Å². The molecule has 190 valence electrons. The monoisotopic (exact) mass is 504 g/mol. The third-order valence-electron chi connectivity index (χ3n) is 5.45. The van der Waals surface area contributed by atoms with Crippen LogP contribution in [0.4, 0.5) is 4.79 Å². The number of urea groups is 1. The zero-order chi connectivity index (χ0) is 25.1. The molecule has 3 rings (SSSR count). The minimum Gasteiger partial charge on any atom is -0.490 e. The molecule has 1 heterocycles. The molecule has 0 spiro atoms. The molecule has 3 amide bonds. The number of amides is 3. The molecule has 35 heavy (non-hydrogen) atoms. The van der Waals surface area contributed by atoms with E-state index in [1.54, 1.807) is 48.5 Å². The third kappa shape index (κ3) is 8.23. The molecule has 0 saturated carbocycles. The number of benzene rings is 2. The molecule has 10 nitrogen and oxygen atoms in total. The lowest BCUT2D eigenvalue weighted by atomic mass is 10.1. The summed E-state index contributed by atoms with van der Waals surface area (Å²) in [5, 5.41) is 4.57. The number of hydrogen-bond acceptors (Lipinski definition) is 7. The molecule has 0 unspecified atom stereocenters. The number of carbonyl (C=O) groups excluding carboxylic acids is 2. The van der Waals surface area contributed by atoms with Gasteiger partial charge in [0.2, 0.25) is 0 Å². The van der Waals surface area contributed by atoms with Crippen molar-refractivity contribution >= 4 is 22.0 Å². The van der Waals surface area contributed by atoms with Gasteiger partial charge in [0.05, 0.1) is 17.1 Å². The second-order valence-electron chi connectivity index (χ2n) is 8.08. The number of rotatable bonds is 11. The minimum atomic E-state index is -3.99. The van der Waals surface area contributed by atoms with Crippen LogP contribution in [0, 0.1) is 0 Å². The Kier molecular flexibility index (Phi) is 9.88. The van der Waals surface area contributed by atoms with Crippen LogP contribution in [0.15, 0.2) is 53.4 Å². The van der Waals surface area contributed by atoms with E-state index >= 15 is 0 Å². The summed E-state index contributed by atoms with van der Waals surface area (Å²) < 4.78 is 37.6. The number of nitrogens with one attached hydrogen (secondary N) is 3. The number of sulfonamides is 1. The number of hydrazine groups is 1. The SMILES string of the molecule is COCCOc1ccccc1C(=O)NCCc1ccc(S(=O)(=O)NC(=O)NN2CCCCC2)cc1. The van der Waals surface area contributed by atoms with Crippen LogP contribution in [0.3, 0.4) is 0 Å². The number of methoxy groups -OCH3 is 1. The second kappa shape index (κ2) is 13.1. The summed E-state index contributed by atoms with van der Waals surface area (Å²) in [6.45, 7) is 2.51. The summed E-state index contributed by atoms with van der Waals surface area (Å²) >= 11 is 0. The lowest BCUT2D eigenvalue weighted by molar-refractivity contribution is 0.0946. The average molecular weight is 505 g/mol. The topological polar surface area (TPSA) is 126 Å². The highest BCUT2D eigenvalue weighted by atomic mass is 32.2. The van der Waals surface area contributed by atoms with Crippen LogP contribution in [0.25, 0.3) is 0 Å². The van der Waals surface area contributed by atoms with Crippen molar-refractivity contribution in [2.24, 2.45) is 0 Å². The lowest BCUT2D eigenvalue weighted by Gasteiger charge is -2.26. The van der Waals surface area contributed by atoms with E-state index in [9.17, 15) is 18.0 Å². The summed E-state index contributed by atoms with van der Waals surface area (Å²) in [6, 6.07) is 12.4. The molecule has 0 atom stereocenters. The van der Waals surface area contributed by atoms with Crippen molar-refractivity contribution in [1.82, 2.24) is 20.5 Å². The van der Waals surface area contributed by atoms with Crippen molar-refractivity contribution in [3.63, 3.8) is 0 Å². The standard InChI is InChI=1S/C24H32N4O6S/c1-33-17-18-34-22-8-4-3-7-21(22)23(29)25-14-13-19-9-11-20(12-10-19)35(31,32)27-24(30)26-28-15-5-2-6-16-28/h3-4,7-12H,2,5-6,13-18H2,1H3,(H,25,29)(H2,26,27,30). The van der Waals surface area contributed by atoms with Crippen molar-refractivity contribution in [3.05, 3.63) is 59.7 Å². The number of piperidine rings is 1. The van der Waals surface area contributed by atoms with Crippen molar-refractivity contribution < 1.29 is 27.5 Å².